The summed E-state index contributed by atoms with van der Waals surface area (Å²) in [5.41, 5.74) is 1.62. The van der Waals surface area contributed by atoms with Crippen molar-refractivity contribution in [2.45, 2.75) is 19.4 Å². The second kappa shape index (κ2) is 4.56. The molecule has 0 aliphatic carbocycles. The summed E-state index contributed by atoms with van der Waals surface area (Å²) in [6.07, 6.45) is 0. The molecule has 0 radical (unpaired) electrons. The largest absolute Gasteiger partial charge is 0.363 e. The van der Waals surface area contributed by atoms with Gasteiger partial charge in [0.2, 0.25) is 0 Å². The topological polar surface area (TPSA) is 39.1 Å². The second-order valence-corrected chi connectivity index (χ2v) is 5.35. The van der Waals surface area contributed by atoms with Crippen molar-refractivity contribution in [3.8, 4) is 6.07 Å². The molecule has 3 nitrogen and oxygen atoms in total. The Hall–Kier alpha value is -1.24. The molecule has 1 aliphatic rings. The molecule has 1 fully saturated rings. The molecule has 0 amide bonds. The molecule has 2 rings (SSSR count). The zero-order valence-electron chi connectivity index (χ0n) is 10.1. The number of benzene rings is 1. The van der Waals surface area contributed by atoms with Crippen LogP contribution < -0.4 is 10.2 Å². The Morgan fingerprint density at radius 1 is 1.47 bits per heavy atom. The van der Waals surface area contributed by atoms with Crippen LogP contribution in [0.3, 0.4) is 0 Å². The van der Waals surface area contributed by atoms with E-state index in [4.69, 9.17) is 11.6 Å². The zero-order chi connectivity index (χ0) is 12.5. The van der Waals surface area contributed by atoms with E-state index in [0.29, 0.717) is 10.6 Å². The maximum absolute atomic E-state index is 9.17. The smallest absolute Gasteiger partial charge is 0.101 e. The molecular formula is C13H16ClN3. The van der Waals surface area contributed by atoms with Crippen LogP contribution >= 0.6 is 11.6 Å². The highest BCUT2D eigenvalue weighted by atomic mass is 35.5. The minimum atomic E-state index is -0.00542. The van der Waals surface area contributed by atoms with E-state index in [-0.39, 0.29) is 5.54 Å². The van der Waals surface area contributed by atoms with Gasteiger partial charge < -0.3 is 10.2 Å². The minimum Gasteiger partial charge on any atom is -0.363 e. The van der Waals surface area contributed by atoms with Gasteiger partial charge in [-0.3, -0.25) is 0 Å². The van der Waals surface area contributed by atoms with E-state index in [1.807, 2.05) is 6.07 Å². The molecule has 1 aromatic carbocycles. The summed E-state index contributed by atoms with van der Waals surface area (Å²) < 4.78 is 0. The summed E-state index contributed by atoms with van der Waals surface area (Å²) in [6, 6.07) is 7.67. The molecule has 0 aromatic heterocycles. The van der Waals surface area contributed by atoms with E-state index < -0.39 is 0 Å². The fourth-order valence-corrected chi connectivity index (χ4v) is 2.42. The number of hydrogen-bond acceptors (Lipinski definition) is 3. The molecule has 17 heavy (non-hydrogen) atoms. The summed E-state index contributed by atoms with van der Waals surface area (Å²) in [6.45, 7) is 7.07. The number of anilines is 1. The summed E-state index contributed by atoms with van der Waals surface area (Å²) in [5, 5.41) is 13.2. The van der Waals surface area contributed by atoms with Crippen molar-refractivity contribution in [2.75, 3.05) is 24.5 Å². The third-order valence-corrected chi connectivity index (χ3v) is 3.41. The predicted octanol–water partition coefficient (Wildman–Crippen LogP) is 2.40. The van der Waals surface area contributed by atoms with E-state index in [1.54, 1.807) is 12.1 Å². The van der Waals surface area contributed by atoms with Gasteiger partial charge in [0, 0.05) is 30.2 Å². The zero-order valence-corrected chi connectivity index (χ0v) is 10.9. The number of hydrogen-bond donors (Lipinski definition) is 1. The highest BCUT2D eigenvalue weighted by Crippen LogP contribution is 2.30. The number of halogens is 1. The van der Waals surface area contributed by atoms with Crippen LogP contribution in [-0.2, 0) is 0 Å². The molecule has 1 saturated heterocycles. The van der Waals surface area contributed by atoms with Crippen molar-refractivity contribution in [1.82, 2.24) is 5.32 Å². The van der Waals surface area contributed by atoms with Crippen LogP contribution in [0.25, 0.3) is 0 Å². The highest BCUT2D eigenvalue weighted by molar-refractivity contribution is 6.30. The fraction of sp³-hybridized carbons (Fsp3) is 0.462. The lowest BCUT2D eigenvalue weighted by molar-refractivity contribution is 0.380. The van der Waals surface area contributed by atoms with Crippen LogP contribution in [0.15, 0.2) is 18.2 Å². The molecule has 1 aromatic rings. The second-order valence-electron chi connectivity index (χ2n) is 4.91. The number of piperazine rings is 1. The molecule has 90 valence electrons. The van der Waals surface area contributed by atoms with E-state index >= 15 is 0 Å². The van der Waals surface area contributed by atoms with Crippen molar-refractivity contribution < 1.29 is 0 Å². The number of nitriles is 1. The quantitative estimate of drug-likeness (QED) is 0.831. The lowest BCUT2D eigenvalue weighted by Crippen LogP contribution is -2.58. The van der Waals surface area contributed by atoms with Gasteiger partial charge in [0.05, 0.1) is 11.3 Å². The molecule has 1 heterocycles. The third-order valence-electron chi connectivity index (χ3n) is 3.17. The van der Waals surface area contributed by atoms with Crippen molar-refractivity contribution in [2.24, 2.45) is 0 Å². The van der Waals surface area contributed by atoms with Gasteiger partial charge in [-0.15, -0.1) is 0 Å². The van der Waals surface area contributed by atoms with Gasteiger partial charge in [0.15, 0.2) is 0 Å². The number of nitrogens with one attached hydrogen (secondary N) is 1. The maximum atomic E-state index is 9.17. The van der Waals surface area contributed by atoms with Crippen molar-refractivity contribution in [3.63, 3.8) is 0 Å². The lowest BCUT2D eigenvalue weighted by Gasteiger charge is -2.44. The summed E-state index contributed by atoms with van der Waals surface area (Å²) >= 11 is 6.03. The van der Waals surface area contributed by atoms with Gasteiger partial charge in [-0.1, -0.05) is 11.6 Å². The van der Waals surface area contributed by atoms with Gasteiger partial charge in [-0.2, -0.15) is 5.26 Å². The van der Waals surface area contributed by atoms with Gasteiger partial charge in [-0.25, -0.2) is 0 Å². The fourth-order valence-electron chi connectivity index (χ4n) is 2.25. The Kier molecular flexibility index (Phi) is 3.28. The Bertz CT molecular complexity index is 462. The van der Waals surface area contributed by atoms with Gasteiger partial charge in [-0.05, 0) is 32.0 Å². The molecule has 0 unspecified atom stereocenters. The van der Waals surface area contributed by atoms with Crippen LogP contribution in [0, 0.1) is 11.3 Å². The number of rotatable bonds is 1. The Balaban J connectivity index is 2.45. The average Bonchev–Trinajstić information content (AvgIpc) is 2.28. The van der Waals surface area contributed by atoms with Crippen LogP contribution in [0.1, 0.15) is 19.4 Å². The van der Waals surface area contributed by atoms with Crippen LogP contribution in [0.4, 0.5) is 5.69 Å². The van der Waals surface area contributed by atoms with Crippen LogP contribution in [-0.4, -0.2) is 25.2 Å². The first-order valence-electron chi connectivity index (χ1n) is 5.72. The average molecular weight is 250 g/mol. The summed E-state index contributed by atoms with van der Waals surface area (Å²) in [5.74, 6) is 0. The van der Waals surface area contributed by atoms with Crippen LogP contribution in [0.2, 0.25) is 5.02 Å². The maximum Gasteiger partial charge on any atom is 0.101 e. The lowest BCUT2D eigenvalue weighted by atomic mass is 9.98. The molecule has 0 atom stereocenters. The van der Waals surface area contributed by atoms with Gasteiger partial charge in [0.1, 0.15) is 6.07 Å². The Labute approximate surface area is 107 Å². The number of nitrogens with zero attached hydrogens (tertiary/aromatic N) is 2. The molecular weight excluding hydrogens is 234 g/mol. The molecule has 0 bridgehead atoms. The monoisotopic (exact) mass is 249 g/mol. The molecule has 4 heteroatoms. The van der Waals surface area contributed by atoms with Crippen molar-refractivity contribution in [1.29, 1.82) is 5.26 Å². The highest BCUT2D eigenvalue weighted by Gasteiger charge is 2.31. The Morgan fingerprint density at radius 2 is 2.24 bits per heavy atom. The predicted molar refractivity (Wildman–Crippen MR) is 70.5 cm³/mol. The first-order valence-corrected chi connectivity index (χ1v) is 6.10. The Morgan fingerprint density at radius 3 is 2.88 bits per heavy atom. The standard InChI is InChI=1S/C13H16ClN3/c1-13(2)9-16-5-6-17(13)12-7-11(14)4-3-10(12)8-15/h3-4,7,16H,5-6,9H2,1-2H3. The first-order chi connectivity index (χ1) is 8.04. The summed E-state index contributed by atoms with van der Waals surface area (Å²) in [7, 11) is 0. The molecule has 1 N–H and O–H groups in total. The molecule has 0 saturated carbocycles. The van der Waals surface area contributed by atoms with E-state index in [2.05, 4.69) is 30.1 Å². The van der Waals surface area contributed by atoms with E-state index in [0.717, 1.165) is 25.3 Å². The minimum absolute atomic E-state index is 0.00542. The third kappa shape index (κ3) is 2.38. The molecule has 0 spiro atoms. The summed E-state index contributed by atoms with van der Waals surface area (Å²) in [4.78, 5) is 2.26. The SMILES string of the molecule is CC1(C)CNCCN1c1cc(Cl)ccc1C#N. The van der Waals surface area contributed by atoms with E-state index in [9.17, 15) is 5.26 Å². The van der Waals surface area contributed by atoms with Crippen molar-refractivity contribution in [3.05, 3.63) is 28.8 Å². The van der Waals surface area contributed by atoms with E-state index in [1.165, 1.54) is 0 Å². The van der Waals surface area contributed by atoms with Gasteiger partial charge >= 0.3 is 0 Å². The normalized spacial score (nSPS) is 18.8. The first kappa shape index (κ1) is 12.2. The van der Waals surface area contributed by atoms with Crippen molar-refractivity contribution >= 4 is 17.3 Å². The van der Waals surface area contributed by atoms with Crippen LogP contribution in [0.5, 0.6) is 0 Å². The molecule has 1 aliphatic heterocycles. The van der Waals surface area contributed by atoms with Gasteiger partial charge in [0.25, 0.3) is 0 Å².